The van der Waals surface area contributed by atoms with E-state index in [9.17, 15) is 19.8 Å². The first-order chi connectivity index (χ1) is 15.6. The van der Waals surface area contributed by atoms with Crippen LogP contribution >= 0.6 is 11.8 Å². The van der Waals surface area contributed by atoms with Gasteiger partial charge in [0, 0.05) is 0 Å². The maximum absolute atomic E-state index is 13.5. The van der Waals surface area contributed by atoms with Gasteiger partial charge in [-0.3, -0.25) is 9.69 Å². The fourth-order valence-electron chi connectivity index (χ4n) is 3.42. The van der Waals surface area contributed by atoms with Gasteiger partial charge in [-0.25, -0.2) is 9.79 Å². The van der Waals surface area contributed by atoms with E-state index in [2.05, 4.69) is 4.99 Å². The Labute approximate surface area is 196 Å². The van der Waals surface area contributed by atoms with Gasteiger partial charge in [-0.15, -0.1) is 0 Å². The van der Waals surface area contributed by atoms with E-state index < -0.39 is 23.3 Å². The lowest BCUT2D eigenvalue weighted by Crippen LogP contribution is -2.51. The second-order valence-electron chi connectivity index (χ2n) is 8.40. The predicted molar refractivity (Wildman–Crippen MR) is 128 cm³/mol. The van der Waals surface area contributed by atoms with Gasteiger partial charge in [0.25, 0.3) is 5.91 Å². The van der Waals surface area contributed by atoms with Gasteiger partial charge in [-0.2, -0.15) is 0 Å². The zero-order valence-electron chi connectivity index (χ0n) is 19.0. The van der Waals surface area contributed by atoms with Gasteiger partial charge in [-0.05, 0) is 53.1 Å². The Balaban J connectivity index is 2.13. The van der Waals surface area contributed by atoms with Crippen LogP contribution in [-0.4, -0.2) is 52.4 Å². The van der Waals surface area contributed by atoms with E-state index in [-0.39, 0.29) is 27.3 Å². The van der Waals surface area contributed by atoms with Crippen molar-refractivity contribution in [3.8, 4) is 17.2 Å². The van der Waals surface area contributed by atoms with E-state index in [1.807, 2.05) is 18.2 Å². The van der Waals surface area contributed by atoms with Crippen molar-refractivity contribution in [1.29, 1.82) is 0 Å². The third-order valence-electron chi connectivity index (χ3n) is 4.93. The number of hydrogen-bond acceptors (Lipinski definition) is 7. The Hall–Kier alpha value is -3.46. The minimum absolute atomic E-state index is 0.154. The zero-order valence-corrected chi connectivity index (χ0v) is 19.8. The van der Waals surface area contributed by atoms with Crippen LogP contribution < -0.4 is 9.47 Å². The van der Waals surface area contributed by atoms with Crippen molar-refractivity contribution in [2.45, 2.75) is 26.8 Å². The van der Waals surface area contributed by atoms with Gasteiger partial charge >= 0.3 is 5.97 Å². The van der Waals surface area contributed by atoms with Crippen molar-refractivity contribution >= 4 is 40.6 Å². The summed E-state index contributed by atoms with van der Waals surface area (Å²) in [5.41, 5.74) is 0.394. The molecule has 1 heterocycles. The van der Waals surface area contributed by atoms with Crippen LogP contribution in [0.15, 0.2) is 52.4 Å². The molecular weight excluding hydrogens is 444 g/mol. The summed E-state index contributed by atoms with van der Waals surface area (Å²) < 4.78 is 10.4. The number of carbonyl (C=O) groups excluding carboxylic acids is 1. The fraction of sp³-hybridized carbons (Fsp3) is 0.292. The van der Waals surface area contributed by atoms with Crippen LogP contribution in [0.1, 0.15) is 26.3 Å². The lowest BCUT2D eigenvalue weighted by molar-refractivity contribution is -0.149. The highest BCUT2D eigenvalue weighted by Gasteiger charge is 2.46. The number of methoxy groups -OCH3 is 2. The van der Waals surface area contributed by atoms with Crippen LogP contribution in [0.2, 0.25) is 0 Å². The molecule has 0 bridgehead atoms. The van der Waals surface area contributed by atoms with E-state index in [0.29, 0.717) is 11.3 Å². The number of phenols is 1. The van der Waals surface area contributed by atoms with E-state index in [4.69, 9.17) is 9.47 Å². The number of aromatic hydroxyl groups is 1. The van der Waals surface area contributed by atoms with Gasteiger partial charge in [-0.1, -0.05) is 39.0 Å². The minimum atomic E-state index is -1.13. The number of carboxylic acid groups (broad SMARTS) is 1. The molecule has 9 heteroatoms. The standard InChI is InChI=1S/C24H26N2O6S/c1-24(2,3)20(22(29)30)26-21(28)18(33-23(26)25-15-9-7-6-8-10-15)13-14-11-16(31-4)19(27)17(12-14)32-5/h6-13,20,27H,1-5H3,(H,29,30)/b18-13-,25-23-. The predicted octanol–water partition coefficient (Wildman–Crippen LogP) is 4.51. The van der Waals surface area contributed by atoms with E-state index in [0.717, 1.165) is 11.8 Å². The largest absolute Gasteiger partial charge is 0.502 e. The molecule has 1 unspecified atom stereocenters. The zero-order chi connectivity index (χ0) is 24.3. The number of hydrogen-bond donors (Lipinski definition) is 2. The maximum Gasteiger partial charge on any atom is 0.327 e. The first-order valence-electron chi connectivity index (χ1n) is 10.1. The molecule has 1 amide bonds. The highest BCUT2D eigenvalue weighted by atomic mass is 32.2. The minimum Gasteiger partial charge on any atom is -0.502 e. The number of carbonyl (C=O) groups is 2. The summed E-state index contributed by atoms with van der Waals surface area (Å²) in [6.07, 6.45) is 1.60. The Kier molecular flexibility index (Phi) is 7.02. The van der Waals surface area contributed by atoms with E-state index in [1.54, 1.807) is 51.1 Å². The molecule has 0 spiro atoms. The highest BCUT2D eigenvalue weighted by Crippen LogP contribution is 2.42. The molecule has 1 aliphatic heterocycles. The molecule has 1 aliphatic rings. The number of para-hydroxylation sites is 1. The summed E-state index contributed by atoms with van der Waals surface area (Å²) in [7, 11) is 2.82. The number of rotatable bonds is 6. The summed E-state index contributed by atoms with van der Waals surface area (Å²) in [5.74, 6) is -1.37. The van der Waals surface area contributed by atoms with E-state index >= 15 is 0 Å². The van der Waals surface area contributed by atoms with Crippen molar-refractivity contribution in [3.05, 3.63) is 52.9 Å². The molecule has 0 aliphatic carbocycles. The van der Waals surface area contributed by atoms with Crippen molar-refractivity contribution < 1.29 is 29.3 Å². The molecule has 8 nitrogen and oxygen atoms in total. The van der Waals surface area contributed by atoms with Gasteiger partial charge in [0.15, 0.2) is 16.7 Å². The quantitative estimate of drug-likeness (QED) is 0.598. The number of amides is 1. The summed E-state index contributed by atoms with van der Waals surface area (Å²) >= 11 is 1.09. The summed E-state index contributed by atoms with van der Waals surface area (Å²) in [5, 5.41) is 20.4. The molecule has 0 aromatic heterocycles. The molecule has 1 fully saturated rings. The topological polar surface area (TPSA) is 109 Å². The van der Waals surface area contributed by atoms with Crippen molar-refractivity contribution in [2.75, 3.05) is 14.2 Å². The van der Waals surface area contributed by atoms with Crippen molar-refractivity contribution in [2.24, 2.45) is 10.4 Å². The second kappa shape index (κ2) is 9.58. The average molecular weight is 471 g/mol. The number of benzene rings is 2. The van der Waals surface area contributed by atoms with Crippen LogP contribution in [0.4, 0.5) is 5.69 Å². The molecule has 1 atom stereocenters. The molecule has 2 aromatic carbocycles. The lowest BCUT2D eigenvalue weighted by Gasteiger charge is -2.33. The number of aliphatic imine (C=N–C) groups is 1. The fourth-order valence-corrected chi connectivity index (χ4v) is 4.44. The lowest BCUT2D eigenvalue weighted by atomic mass is 9.85. The monoisotopic (exact) mass is 470 g/mol. The third kappa shape index (κ3) is 5.14. The smallest absolute Gasteiger partial charge is 0.327 e. The summed E-state index contributed by atoms with van der Waals surface area (Å²) in [6, 6.07) is 11.0. The number of thioether (sulfide) groups is 1. The number of carboxylic acids is 1. The molecule has 33 heavy (non-hydrogen) atoms. The van der Waals surface area contributed by atoms with Crippen LogP contribution in [0.5, 0.6) is 17.2 Å². The van der Waals surface area contributed by atoms with Gasteiger partial charge < -0.3 is 19.7 Å². The Morgan fingerprint density at radius 3 is 2.18 bits per heavy atom. The molecular formula is C24H26N2O6S. The second-order valence-corrected chi connectivity index (χ2v) is 9.41. The van der Waals surface area contributed by atoms with Crippen molar-refractivity contribution in [3.63, 3.8) is 0 Å². The van der Waals surface area contributed by atoms with Crippen molar-refractivity contribution in [1.82, 2.24) is 4.90 Å². The highest BCUT2D eigenvalue weighted by molar-refractivity contribution is 8.18. The SMILES string of the molecule is COc1cc(/C=C2\S/C(=N\c3ccccc3)N(C(C(=O)O)C(C)(C)C)C2=O)cc(OC)c1O. The molecule has 2 N–H and O–H groups in total. The maximum atomic E-state index is 13.5. The summed E-state index contributed by atoms with van der Waals surface area (Å²) in [6.45, 7) is 5.30. The van der Waals surface area contributed by atoms with E-state index in [1.165, 1.54) is 19.1 Å². The van der Waals surface area contributed by atoms with Gasteiger partial charge in [0.1, 0.15) is 6.04 Å². The Morgan fingerprint density at radius 1 is 1.12 bits per heavy atom. The molecule has 1 saturated heterocycles. The van der Waals surface area contributed by atoms with Crippen LogP contribution in [0, 0.1) is 5.41 Å². The molecule has 0 radical (unpaired) electrons. The molecule has 174 valence electrons. The summed E-state index contributed by atoms with van der Waals surface area (Å²) in [4.78, 5) is 31.8. The number of aliphatic carboxylic acids is 1. The van der Waals surface area contributed by atoms with Gasteiger partial charge in [0.05, 0.1) is 24.8 Å². The number of phenolic OH excluding ortho intramolecular Hbond substituents is 1. The molecule has 0 saturated carbocycles. The Bertz CT molecular complexity index is 1100. The first kappa shape index (κ1) is 24.2. The van der Waals surface area contributed by atoms with Crippen LogP contribution in [0.25, 0.3) is 6.08 Å². The van der Waals surface area contributed by atoms with Crippen LogP contribution in [-0.2, 0) is 9.59 Å². The third-order valence-corrected chi connectivity index (χ3v) is 5.91. The number of ether oxygens (including phenoxy) is 2. The van der Waals surface area contributed by atoms with Crippen LogP contribution in [0.3, 0.4) is 0 Å². The molecule has 3 rings (SSSR count). The number of nitrogens with zero attached hydrogens (tertiary/aromatic N) is 2. The normalized spacial score (nSPS) is 17.5. The average Bonchev–Trinajstić information content (AvgIpc) is 3.03. The first-order valence-corrected chi connectivity index (χ1v) is 10.9. The number of amidine groups is 1. The van der Waals surface area contributed by atoms with Gasteiger partial charge in [0.2, 0.25) is 5.75 Å². The Morgan fingerprint density at radius 2 is 1.70 bits per heavy atom. The molecule has 2 aromatic rings.